The van der Waals surface area contributed by atoms with Crippen LogP contribution in [0.2, 0.25) is 0 Å². The molecular formula is C23H26N4O. The fourth-order valence-electron chi connectivity index (χ4n) is 3.96. The second-order valence-corrected chi connectivity index (χ2v) is 7.51. The van der Waals surface area contributed by atoms with E-state index in [1.54, 1.807) is 0 Å². The number of nitrogens with one attached hydrogen (secondary N) is 1. The predicted octanol–water partition coefficient (Wildman–Crippen LogP) is 3.96. The van der Waals surface area contributed by atoms with Gasteiger partial charge in [-0.3, -0.25) is 4.98 Å². The molecule has 1 aliphatic heterocycles. The normalized spacial score (nSPS) is 17.0. The minimum absolute atomic E-state index is 0.00998. The van der Waals surface area contributed by atoms with E-state index >= 15 is 0 Å². The van der Waals surface area contributed by atoms with Crippen LogP contribution in [0.5, 0.6) is 0 Å². The summed E-state index contributed by atoms with van der Waals surface area (Å²) in [4.78, 5) is 21.2. The Kier molecular flexibility index (Phi) is 5.15. The highest BCUT2D eigenvalue weighted by Gasteiger charge is 2.28. The molecule has 1 atom stereocenters. The van der Waals surface area contributed by atoms with Crippen molar-refractivity contribution >= 4 is 22.5 Å². The van der Waals surface area contributed by atoms with Gasteiger partial charge in [-0.25, -0.2) is 4.79 Å². The third-order valence-electron chi connectivity index (χ3n) is 5.41. The lowest BCUT2D eigenvalue weighted by Gasteiger charge is -2.41. The summed E-state index contributed by atoms with van der Waals surface area (Å²) in [5.74, 6) is 0. The Balaban J connectivity index is 1.41. The summed E-state index contributed by atoms with van der Waals surface area (Å²) < 4.78 is 0. The second kappa shape index (κ2) is 7.89. The molecule has 0 radical (unpaired) electrons. The van der Waals surface area contributed by atoms with E-state index in [-0.39, 0.29) is 12.1 Å². The number of carbonyl (C=O) groups is 1. The fraction of sp³-hybridized carbons (Fsp3) is 0.304. The molecule has 28 heavy (non-hydrogen) atoms. The van der Waals surface area contributed by atoms with Gasteiger partial charge < -0.3 is 15.1 Å². The number of piperazine rings is 1. The van der Waals surface area contributed by atoms with Gasteiger partial charge in [-0.2, -0.15) is 0 Å². The first-order chi connectivity index (χ1) is 13.6. The molecule has 0 aliphatic carbocycles. The number of hydrogen-bond acceptors (Lipinski definition) is 3. The number of anilines is 1. The highest BCUT2D eigenvalue weighted by molar-refractivity contribution is 5.93. The van der Waals surface area contributed by atoms with Gasteiger partial charge in [-0.15, -0.1) is 0 Å². The van der Waals surface area contributed by atoms with Gasteiger partial charge in [0, 0.05) is 61.1 Å². The summed E-state index contributed by atoms with van der Waals surface area (Å²) in [5.41, 5.74) is 3.55. The first-order valence-corrected chi connectivity index (χ1v) is 9.79. The van der Waals surface area contributed by atoms with E-state index in [1.165, 1.54) is 16.6 Å². The zero-order valence-electron chi connectivity index (χ0n) is 16.4. The van der Waals surface area contributed by atoms with Crippen molar-refractivity contribution in [2.24, 2.45) is 0 Å². The Hall–Kier alpha value is -3.08. The summed E-state index contributed by atoms with van der Waals surface area (Å²) >= 11 is 0. The molecule has 2 aromatic carbocycles. The molecule has 1 aliphatic rings. The maximum absolute atomic E-state index is 12.7. The monoisotopic (exact) mass is 374 g/mol. The lowest BCUT2D eigenvalue weighted by Crippen LogP contribution is -2.56. The number of benzene rings is 2. The summed E-state index contributed by atoms with van der Waals surface area (Å²) in [6.45, 7) is 7.09. The number of urea groups is 1. The van der Waals surface area contributed by atoms with Crippen molar-refractivity contribution in [3.8, 4) is 0 Å². The molecule has 1 aromatic heterocycles. The van der Waals surface area contributed by atoms with Gasteiger partial charge in [-0.1, -0.05) is 42.0 Å². The smallest absolute Gasteiger partial charge is 0.318 e. The lowest BCUT2D eigenvalue weighted by molar-refractivity contribution is 0.171. The molecule has 0 bridgehead atoms. The van der Waals surface area contributed by atoms with Crippen LogP contribution >= 0.6 is 0 Å². The molecule has 3 aromatic rings. The van der Waals surface area contributed by atoms with Gasteiger partial charge in [0.2, 0.25) is 0 Å². The summed E-state index contributed by atoms with van der Waals surface area (Å²) in [5, 5.41) is 5.43. The van der Waals surface area contributed by atoms with Crippen molar-refractivity contribution in [2.75, 3.05) is 24.5 Å². The van der Waals surface area contributed by atoms with Gasteiger partial charge in [0.25, 0.3) is 0 Å². The summed E-state index contributed by atoms with van der Waals surface area (Å²) in [6, 6.07) is 16.8. The number of aromatic nitrogens is 1. The number of nitrogens with zero attached hydrogens (tertiary/aromatic N) is 3. The molecule has 4 rings (SSSR count). The standard InChI is InChI=1S/C23H26N4O/c1-17-5-3-6-19(13-17)14-25-23(28)27-12-11-26(16-18(27)2)22-8-4-7-20-15-24-10-9-21(20)22/h3-10,13,15,18H,11-12,14,16H2,1-2H3,(H,25,28). The van der Waals surface area contributed by atoms with Crippen LogP contribution in [-0.4, -0.2) is 41.6 Å². The van der Waals surface area contributed by atoms with Crippen LogP contribution in [0.4, 0.5) is 10.5 Å². The summed E-state index contributed by atoms with van der Waals surface area (Å²) in [7, 11) is 0. The predicted molar refractivity (Wildman–Crippen MR) is 114 cm³/mol. The number of fused-ring (bicyclic) bond motifs is 1. The maximum atomic E-state index is 12.7. The van der Waals surface area contributed by atoms with Crippen LogP contribution in [0, 0.1) is 6.92 Å². The Labute approximate surface area is 166 Å². The minimum Gasteiger partial charge on any atom is -0.367 e. The van der Waals surface area contributed by atoms with Gasteiger partial charge >= 0.3 is 6.03 Å². The van der Waals surface area contributed by atoms with E-state index in [2.05, 4.69) is 65.4 Å². The highest BCUT2D eigenvalue weighted by atomic mass is 16.2. The minimum atomic E-state index is 0.00998. The van der Waals surface area contributed by atoms with Crippen LogP contribution in [0.15, 0.2) is 60.9 Å². The third-order valence-corrected chi connectivity index (χ3v) is 5.41. The van der Waals surface area contributed by atoms with Crippen molar-refractivity contribution in [3.05, 3.63) is 72.1 Å². The number of hydrogen-bond donors (Lipinski definition) is 1. The molecule has 1 fully saturated rings. The largest absolute Gasteiger partial charge is 0.367 e. The SMILES string of the molecule is Cc1cccc(CNC(=O)N2CCN(c3cccc4cnccc34)CC2C)c1. The lowest BCUT2D eigenvalue weighted by atomic mass is 10.1. The van der Waals surface area contributed by atoms with Crippen molar-refractivity contribution in [3.63, 3.8) is 0 Å². The molecule has 0 spiro atoms. The van der Waals surface area contributed by atoms with Crippen molar-refractivity contribution < 1.29 is 4.79 Å². The molecule has 144 valence electrons. The molecule has 2 heterocycles. The Morgan fingerprint density at radius 1 is 1.18 bits per heavy atom. The molecule has 0 saturated carbocycles. The van der Waals surface area contributed by atoms with Gasteiger partial charge in [0.1, 0.15) is 0 Å². The fourth-order valence-corrected chi connectivity index (χ4v) is 3.96. The van der Waals surface area contributed by atoms with E-state index in [4.69, 9.17) is 0 Å². The van der Waals surface area contributed by atoms with Gasteiger partial charge in [0.15, 0.2) is 0 Å². The molecule has 2 amide bonds. The van der Waals surface area contributed by atoms with Gasteiger partial charge in [0.05, 0.1) is 0 Å². The average Bonchev–Trinajstić information content (AvgIpc) is 2.71. The number of pyridine rings is 1. The van der Waals surface area contributed by atoms with Crippen LogP contribution in [-0.2, 0) is 6.54 Å². The number of carbonyl (C=O) groups excluding carboxylic acids is 1. The van der Waals surface area contributed by atoms with Crippen molar-refractivity contribution in [1.82, 2.24) is 15.2 Å². The van der Waals surface area contributed by atoms with Crippen LogP contribution in [0.25, 0.3) is 10.8 Å². The quantitative estimate of drug-likeness (QED) is 0.755. The first kappa shape index (κ1) is 18.3. The van der Waals surface area contributed by atoms with Crippen LogP contribution in [0.1, 0.15) is 18.1 Å². The number of rotatable bonds is 3. The molecule has 1 N–H and O–H groups in total. The number of amides is 2. The zero-order valence-corrected chi connectivity index (χ0v) is 16.4. The van der Waals surface area contributed by atoms with E-state index in [9.17, 15) is 4.79 Å². The highest BCUT2D eigenvalue weighted by Crippen LogP contribution is 2.28. The zero-order chi connectivity index (χ0) is 19.5. The third kappa shape index (κ3) is 3.79. The van der Waals surface area contributed by atoms with E-state index < -0.39 is 0 Å². The van der Waals surface area contributed by atoms with Crippen LogP contribution < -0.4 is 10.2 Å². The first-order valence-electron chi connectivity index (χ1n) is 9.79. The van der Waals surface area contributed by atoms with Crippen LogP contribution in [0.3, 0.4) is 0 Å². The Morgan fingerprint density at radius 3 is 2.86 bits per heavy atom. The molecule has 1 unspecified atom stereocenters. The number of aryl methyl sites for hydroxylation is 1. The Morgan fingerprint density at radius 2 is 2.04 bits per heavy atom. The van der Waals surface area contributed by atoms with E-state index in [1.807, 2.05) is 29.4 Å². The van der Waals surface area contributed by atoms with E-state index in [0.717, 1.165) is 24.0 Å². The van der Waals surface area contributed by atoms with Crippen molar-refractivity contribution in [1.29, 1.82) is 0 Å². The topological polar surface area (TPSA) is 48.5 Å². The molecule has 1 saturated heterocycles. The second-order valence-electron chi connectivity index (χ2n) is 7.51. The molecular weight excluding hydrogens is 348 g/mol. The van der Waals surface area contributed by atoms with Gasteiger partial charge in [-0.05, 0) is 31.5 Å². The van der Waals surface area contributed by atoms with E-state index in [0.29, 0.717) is 13.1 Å². The van der Waals surface area contributed by atoms with Crippen molar-refractivity contribution in [2.45, 2.75) is 26.4 Å². The molecule has 5 heteroatoms. The maximum Gasteiger partial charge on any atom is 0.318 e. The Bertz CT molecular complexity index is 982. The molecule has 5 nitrogen and oxygen atoms in total. The summed E-state index contributed by atoms with van der Waals surface area (Å²) in [6.07, 6.45) is 3.74. The average molecular weight is 374 g/mol.